The fraction of sp³-hybridized carbons (Fsp3) is 0.250. The minimum atomic E-state index is 1.11. The molecule has 0 spiro atoms. The maximum atomic E-state index is 2.33. The summed E-state index contributed by atoms with van der Waals surface area (Å²) in [5.41, 5.74) is 7.07. The quantitative estimate of drug-likeness (QED) is 0.601. The molecule has 0 saturated heterocycles. The monoisotopic (exact) mass is 208 g/mol. The van der Waals surface area contributed by atoms with E-state index in [4.69, 9.17) is 0 Å². The maximum absolute atomic E-state index is 2.33. The predicted molar refractivity (Wildman–Crippen MR) is 70.8 cm³/mol. The van der Waals surface area contributed by atoms with Crippen molar-refractivity contribution in [3.63, 3.8) is 0 Å². The molecule has 0 amide bonds. The van der Waals surface area contributed by atoms with Crippen molar-refractivity contribution >= 4 is 16.8 Å². The van der Waals surface area contributed by atoms with Gasteiger partial charge in [-0.3, -0.25) is 0 Å². The summed E-state index contributed by atoms with van der Waals surface area (Å²) in [6.45, 7) is 6.58. The van der Waals surface area contributed by atoms with Crippen molar-refractivity contribution < 1.29 is 0 Å². The van der Waals surface area contributed by atoms with Gasteiger partial charge in [-0.05, 0) is 54.7 Å². The Morgan fingerprint density at radius 2 is 1.56 bits per heavy atom. The van der Waals surface area contributed by atoms with E-state index in [2.05, 4.69) is 51.1 Å². The second-order valence-electron chi connectivity index (χ2n) is 5.04. The molecule has 0 heterocycles. The largest absolute Gasteiger partial charge is 0.0683 e. The highest BCUT2D eigenvalue weighted by molar-refractivity contribution is 5.96. The topological polar surface area (TPSA) is 0 Å². The first-order valence-electron chi connectivity index (χ1n) is 5.84. The molecule has 0 nitrogen and oxygen atoms in total. The molecule has 1 aliphatic rings. The fourth-order valence-corrected chi connectivity index (χ4v) is 2.83. The highest BCUT2D eigenvalue weighted by Crippen LogP contribution is 2.33. The van der Waals surface area contributed by atoms with Crippen molar-refractivity contribution in [2.75, 3.05) is 0 Å². The van der Waals surface area contributed by atoms with Crippen molar-refractivity contribution in [1.82, 2.24) is 0 Å². The van der Waals surface area contributed by atoms with Gasteiger partial charge in [-0.1, -0.05) is 41.5 Å². The van der Waals surface area contributed by atoms with Crippen molar-refractivity contribution in [2.45, 2.75) is 27.2 Å². The van der Waals surface area contributed by atoms with Crippen LogP contribution in [0.25, 0.3) is 16.8 Å². The molecule has 0 aromatic heterocycles. The van der Waals surface area contributed by atoms with Crippen molar-refractivity contribution in [3.05, 3.63) is 52.1 Å². The van der Waals surface area contributed by atoms with Crippen LogP contribution in [0.1, 0.15) is 29.2 Å². The van der Waals surface area contributed by atoms with Gasteiger partial charge in [0.15, 0.2) is 0 Å². The zero-order valence-electron chi connectivity index (χ0n) is 10.1. The summed E-state index contributed by atoms with van der Waals surface area (Å²) in [6.07, 6.45) is 3.44. The van der Waals surface area contributed by atoms with E-state index >= 15 is 0 Å². The van der Waals surface area contributed by atoms with Crippen LogP contribution < -0.4 is 0 Å². The van der Waals surface area contributed by atoms with Crippen molar-refractivity contribution in [1.29, 1.82) is 0 Å². The molecule has 3 rings (SSSR count). The molecule has 2 aromatic carbocycles. The molecule has 0 saturated carbocycles. The third kappa shape index (κ3) is 1.37. The van der Waals surface area contributed by atoms with Gasteiger partial charge in [0.05, 0.1) is 0 Å². The van der Waals surface area contributed by atoms with Crippen LogP contribution in [0.15, 0.2) is 29.8 Å². The first kappa shape index (κ1) is 9.65. The summed E-state index contributed by atoms with van der Waals surface area (Å²) in [5, 5.41) is 2.86. The maximum Gasteiger partial charge on any atom is -0.00601 e. The lowest BCUT2D eigenvalue weighted by Crippen LogP contribution is -1.98. The van der Waals surface area contributed by atoms with Crippen LogP contribution in [-0.2, 0) is 6.42 Å². The van der Waals surface area contributed by atoms with Crippen LogP contribution in [0.3, 0.4) is 0 Å². The summed E-state index contributed by atoms with van der Waals surface area (Å²) < 4.78 is 0. The molecule has 0 unspecified atom stereocenters. The third-order valence-corrected chi connectivity index (χ3v) is 3.32. The molecule has 0 radical (unpaired) electrons. The number of hydrogen-bond acceptors (Lipinski definition) is 0. The highest BCUT2D eigenvalue weighted by atomic mass is 14.2. The minimum Gasteiger partial charge on any atom is -0.0683 e. The molecule has 0 fully saturated rings. The van der Waals surface area contributed by atoms with Gasteiger partial charge < -0.3 is 0 Å². The Hall–Kier alpha value is -1.56. The van der Waals surface area contributed by atoms with Gasteiger partial charge in [-0.25, -0.2) is 0 Å². The Morgan fingerprint density at radius 1 is 0.875 bits per heavy atom. The molecule has 0 aliphatic heterocycles. The van der Waals surface area contributed by atoms with Gasteiger partial charge in [0, 0.05) is 0 Å². The summed E-state index contributed by atoms with van der Waals surface area (Å²) in [7, 11) is 0. The summed E-state index contributed by atoms with van der Waals surface area (Å²) >= 11 is 0. The van der Waals surface area contributed by atoms with Crippen LogP contribution in [0.4, 0.5) is 0 Å². The van der Waals surface area contributed by atoms with Crippen LogP contribution in [0, 0.1) is 13.8 Å². The molecular formula is C16H16. The van der Waals surface area contributed by atoms with Crippen molar-refractivity contribution in [2.24, 2.45) is 0 Å². The van der Waals surface area contributed by atoms with Crippen LogP contribution in [-0.4, -0.2) is 0 Å². The van der Waals surface area contributed by atoms with E-state index < -0.39 is 0 Å². The van der Waals surface area contributed by atoms with Gasteiger partial charge in [0.1, 0.15) is 0 Å². The Kier molecular flexibility index (Phi) is 1.94. The molecule has 2 aromatic rings. The normalized spacial score (nSPS) is 14.1. The Bertz CT molecular complexity index is 610. The summed E-state index contributed by atoms with van der Waals surface area (Å²) in [4.78, 5) is 0. The zero-order chi connectivity index (χ0) is 11.3. The highest BCUT2D eigenvalue weighted by Gasteiger charge is 2.12. The number of hydrogen-bond donors (Lipinski definition) is 0. The van der Waals surface area contributed by atoms with Crippen LogP contribution in [0.2, 0.25) is 0 Å². The molecule has 1 aliphatic carbocycles. The second-order valence-corrected chi connectivity index (χ2v) is 5.04. The molecule has 0 atom stereocenters. The zero-order valence-corrected chi connectivity index (χ0v) is 10.1. The minimum absolute atomic E-state index is 1.11. The second kappa shape index (κ2) is 3.21. The van der Waals surface area contributed by atoms with E-state index in [0.717, 1.165) is 6.42 Å². The average Bonchev–Trinajstić information content (AvgIpc) is 2.14. The predicted octanol–water partition coefficient (Wildman–Crippen LogP) is 4.42. The fourth-order valence-electron chi connectivity index (χ4n) is 2.83. The van der Waals surface area contributed by atoms with Gasteiger partial charge in [-0.2, -0.15) is 0 Å². The number of benzene rings is 2. The van der Waals surface area contributed by atoms with E-state index in [1.165, 1.54) is 38.6 Å². The van der Waals surface area contributed by atoms with E-state index in [0.29, 0.717) is 0 Å². The first-order valence-corrected chi connectivity index (χ1v) is 5.84. The van der Waals surface area contributed by atoms with Gasteiger partial charge >= 0.3 is 0 Å². The van der Waals surface area contributed by atoms with E-state index in [-0.39, 0.29) is 0 Å². The van der Waals surface area contributed by atoms with Crippen LogP contribution in [0.5, 0.6) is 0 Å². The number of rotatable bonds is 0. The molecule has 0 heteroatoms. The molecule has 0 N–H and O–H groups in total. The summed E-state index contributed by atoms with van der Waals surface area (Å²) in [5.74, 6) is 0. The number of allylic oxidation sites excluding steroid dienone is 1. The smallest absolute Gasteiger partial charge is 0.00601 e. The lowest BCUT2D eigenvalue weighted by atomic mass is 9.87. The lowest BCUT2D eigenvalue weighted by Gasteiger charge is -2.17. The molecule has 16 heavy (non-hydrogen) atoms. The van der Waals surface area contributed by atoms with E-state index in [9.17, 15) is 0 Å². The Labute approximate surface area is 96.6 Å². The van der Waals surface area contributed by atoms with Gasteiger partial charge in [0.25, 0.3) is 0 Å². The SMILES string of the molecule is CC1=Cc2cc(C)cc3cc(C)cc(c23)C1. The van der Waals surface area contributed by atoms with Gasteiger partial charge in [0.2, 0.25) is 0 Å². The first-order chi connectivity index (χ1) is 7.63. The number of aryl methyl sites for hydroxylation is 2. The van der Waals surface area contributed by atoms with Gasteiger partial charge in [-0.15, -0.1) is 0 Å². The van der Waals surface area contributed by atoms with Crippen molar-refractivity contribution in [3.8, 4) is 0 Å². The summed E-state index contributed by atoms with van der Waals surface area (Å²) in [6, 6.07) is 9.22. The van der Waals surface area contributed by atoms with E-state index in [1.54, 1.807) is 0 Å². The Balaban J connectivity index is 2.49. The average molecular weight is 208 g/mol. The lowest BCUT2D eigenvalue weighted by molar-refractivity contribution is 1.15. The standard InChI is InChI=1S/C16H16/c1-10-4-13-6-11(2)8-15-9-12(3)7-14(5-10)16(13)15/h4-8H,9H2,1-3H3. The Morgan fingerprint density at radius 3 is 2.31 bits per heavy atom. The molecule has 80 valence electrons. The van der Waals surface area contributed by atoms with E-state index in [1.807, 2.05) is 0 Å². The third-order valence-electron chi connectivity index (χ3n) is 3.32. The molecular weight excluding hydrogens is 192 g/mol. The molecule has 0 bridgehead atoms. The van der Waals surface area contributed by atoms with Crippen LogP contribution >= 0.6 is 0 Å².